The van der Waals surface area contributed by atoms with Crippen LogP contribution in [-0.2, 0) is 19.1 Å². The van der Waals surface area contributed by atoms with Gasteiger partial charge in [0.2, 0.25) is 11.8 Å². The summed E-state index contributed by atoms with van der Waals surface area (Å²) in [6.45, 7) is 15.9. The molecule has 3 heterocycles. The topological polar surface area (TPSA) is 90.4 Å². The summed E-state index contributed by atoms with van der Waals surface area (Å²) in [4.78, 5) is 49.1. The van der Waals surface area contributed by atoms with Gasteiger partial charge in [0.15, 0.2) is 0 Å². The van der Waals surface area contributed by atoms with E-state index in [1.807, 2.05) is 76.2 Å². The minimum Gasteiger partial charge on any atom is -0.394 e. The van der Waals surface area contributed by atoms with Gasteiger partial charge in [-0.3, -0.25) is 14.4 Å². The maximum atomic E-state index is 15.1. The van der Waals surface area contributed by atoms with Crippen molar-refractivity contribution in [2.45, 2.75) is 69.2 Å². The highest BCUT2D eigenvalue weighted by Gasteiger charge is 2.77. The molecule has 1 N–H and O–H groups in total. The van der Waals surface area contributed by atoms with Gasteiger partial charge in [-0.25, -0.2) is 0 Å². The molecule has 5 rings (SSSR count). The van der Waals surface area contributed by atoms with Gasteiger partial charge in [-0.2, -0.15) is 0 Å². The van der Waals surface area contributed by atoms with Crippen molar-refractivity contribution in [3.05, 3.63) is 85.0 Å². The first-order valence-electron chi connectivity index (χ1n) is 15.8. The molecule has 0 aromatic heterocycles. The lowest BCUT2D eigenvalue weighted by molar-refractivity contribution is -0.145. The van der Waals surface area contributed by atoms with Gasteiger partial charge in [0.1, 0.15) is 11.6 Å². The molecule has 0 aliphatic carbocycles. The molecule has 8 nitrogen and oxygen atoms in total. The predicted molar refractivity (Wildman–Crippen MR) is 180 cm³/mol. The molecular formula is C36H44BrN3O5. The van der Waals surface area contributed by atoms with E-state index in [4.69, 9.17) is 4.74 Å². The molecule has 2 aromatic rings. The molecule has 3 unspecified atom stereocenters. The zero-order valence-electron chi connectivity index (χ0n) is 26.6. The first kappa shape index (κ1) is 33.1. The lowest BCUT2D eigenvalue weighted by Gasteiger charge is -2.41. The largest absolute Gasteiger partial charge is 0.394 e. The van der Waals surface area contributed by atoms with E-state index in [1.54, 1.807) is 26.9 Å². The Labute approximate surface area is 274 Å². The Kier molecular flexibility index (Phi) is 9.73. The monoisotopic (exact) mass is 677 g/mol. The van der Waals surface area contributed by atoms with E-state index in [1.165, 1.54) is 0 Å². The molecule has 240 valence electrons. The number of carbonyl (C=O) groups is 3. The normalized spacial score (nSPS) is 28.0. The molecule has 8 atom stereocenters. The second-order valence-corrected chi connectivity index (χ2v) is 13.8. The SMILES string of the molecule is C=CCN(C(=O)[C@H]1[C@H]2C(=O)N([C@@H](CO)[C@@H](C)CC)C(C(=O)N(CC=C)c3c(C)cccc3C)C23CC(Br)[C@@H]1O3)c1ccccc1. The fourth-order valence-electron chi connectivity index (χ4n) is 7.84. The first-order valence-corrected chi connectivity index (χ1v) is 16.7. The van der Waals surface area contributed by atoms with Crippen LogP contribution in [0.25, 0.3) is 0 Å². The molecule has 2 aromatic carbocycles. The van der Waals surface area contributed by atoms with Gasteiger partial charge >= 0.3 is 0 Å². The molecule has 3 aliphatic heterocycles. The standard InChI is InChI=1S/C36H44BrN3O5/c1-7-18-38(25-16-11-10-12-17-25)33(42)28-29-34(43)40(27(21-41)22(4)9-3)32(36(29)20-26(37)31(28)45-36)35(44)39(19-8-2)30-23(5)14-13-15-24(30)6/h7-8,10-17,22,26-29,31-32,41H,1-2,9,18-21H2,3-6H3/t22-,26?,27-,28-,29-,31-,32?,36?/m0/s1. The summed E-state index contributed by atoms with van der Waals surface area (Å²) in [5.74, 6) is -2.70. The van der Waals surface area contributed by atoms with Crippen molar-refractivity contribution >= 4 is 45.0 Å². The van der Waals surface area contributed by atoms with Crippen molar-refractivity contribution < 1.29 is 24.2 Å². The van der Waals surface area contributed by atoms with E-state index < -0.39 is 35.6 Å². The summed E-state index contributed by atoms with van der Waals surface area (Å²) in [6, 6.07) is 13.5. The fourth-order valence-corrected chi connectivity index (χ4v) is 8.78. The van der Waals surface area contributed by atoms with Crippen LogP contribution in [0.15, 0.2) is 73.8 Å². The number of nitrogens with zero attached hydrogens (tertiary/aromatic N) is 3. The van der Waals surface area contributed by atoms with Crippen molar-refractivity contribution in [1.29, 1.82) is 0 Å². The molecule has 3 saturated heterocycles. The number of halogens is 1. The highest BCUT2D eigenvalue weighted by molar-refractivity contribution is 9.09. The summed E-state index contributed by atoms with van der Waals surface area (Å²) in [5.41, 5.74) is 2.03. The number of fused-ring (bicyclic) bond motifs is 1. The number of likely N-dealkylation sites (tertiary alicyclic amines) is 1. The number of amides is 3. The van der Waals surface area contributed by atoms with Crippen LogP contribution in [0.3, 0.4) is 0 Å². The van der Waals surface area contributed by atoms with E-state index in [9.17, 15) is 14.7 Å². The van der Waals surface area contributed by atoms with E-state index in [2.05, 4.69) is 29.1 Å². The maximum absolute atomic E-state index is 15.1. The maximum Gasteiger partial charge on any atom is 0.253 e. The summed E-state index contributed by atoms with van der Waals surface area (Å²) in [5, 5.41) is 10.7. The van der Waals surface area contributed by atoms with Crippen LogP contribution in [0.5, 0.6) is 0 Å². The highest BCUT2D eigenvalue weighted by atomic mass is 79.9. The zero-order chi connectivity index (χ0) is 32.6. The van der Waals surface area contributed by atoms with Crippen molar-refractivity contribution in [3.63, 3.8) is 0 Å². The molecule has 1 spiro atoms. The van der Waals surface area contributed by atoms with E-state index >= 15 is 4.79 Å². The number of alkyl halides is 1. The summed E-state index contributed by atoms with van der Waals surface area (Å²) >= 11 is 3.79. The van der Waals surface area contributed by atoms with Gasteiger partial charge < -0.3 is 24.5 Å². The Morgan fingerprint density at radius 3 is 2.27 bits per heavy atom. The third kappa shape index (κ3) is 5.36. The molecule has 0 saturated carbocycles. The molecule has 3 aliphatic rings. The average molecular weight is 679 g/mol. The third-order valence-electron chi connectivity index (χ3n) is 10.0. The van der Waals surface area contributed by atoms with Gasteiger partial charge in [-0.15, -0.1) is 13.2 Å². The fraction of sp³-hybridized carbons (Fsp3) is 0.472. The van der Waals surface area contributed by atoms with Crippen LogP contribution in [-0.4, -0.2) is 76.0 Å². The van der Waals surface area contributed by atoms with Crippen molar-refractivity contribution in [2.75, 3.05) is 29.5 Å². The number of hydrogen-bond acceptors (Lipinski definition) is 5. The van der Waals surface area contributed by atoms with Crippen molar-refractivity contribution in [1.82, 2.24) is 4.90 Å². The van der Waals surface area contributed by atoms with Crippen LogP contribution in [0.2, 0.25) is 0 Å². The van der Waals surface area contributed by atoms with Crippen LogP contribution < -0.4 is 9.80 Å². The molecule has 0 radical (unpaired) electrons. The Morgan fingerprint density at radius 2 is 1.69 bits per heavy atom. The average Bonchev–Trinajstić information content (AvgIpc) is 3.62. The van der Waals surface area contributed by atoms with E-state index in [0.717, 1.165) is 16.8 Å². The van der Waals surface area contributed by atoms with Crippen LogP contribution in [0.1, 0.15) is 37.8 Å². The number of ether oxygens (including phenoxy) is 1. The Hall–Kier alpha value is -3.27. The van der Waals surface area contributed by atoms with Gasteiger partial charge in [0.05, 0.1) is 30.6 Å². The molecule has 3 fully saturated rings. The second kappa shape index (κ2) is 13.2. The van der Waals surface area contributed by atoms with Crippen molar-refractivity contribution in [3.8, 4) is 0 Å². The van der Waals surface area contributed by atoms with Crippen LogP contribution in [0.4, 0.5) is 11.4 Å². The summed E-state index contributed by atoms with van der Waals surface area (Å²) in [7, 11) is 0. The Balaban J connectivity index is 1.67. The zero-order valence-corrected chi connectivity index (χ0v) is 28.2. The van der Waals surface area contributed by atoms with E-state index in [0.29, 0.717) is 18.5 Å². The summed E-state index contributed by atoms with van der Waals surface area (Å²) in [6.07, 6.45) is 3.80. The quantitative estimate of drug-likeness (QED) is 0.247. The first-order chi connectivity index (χ1) is 21.6. The minimum atomic E-state index is -1.26. The predicted octanol–water partition coefficient (Wildman–Crippen LogP) is 5.20. The van der Waals surface area contributed by atoms with Gasteiger partial charge in [-0.1, -0.05) is 84.7 Å². The smallest absolute Gasteiger partial charge is 0.253 e. The number of aliphatic hydroxyl groups excluding tert-OH is 1. The molecule has 2 bridgehead atoms. The molecule has 9 heteroatoms. The number of hydrogen-bond donors (Lipinski definition) is 1. The van der Waals surface area contributed by atoms with Gasteiger partial charge in [-0.05, 0) is 49.4 Å². The van der Waals surface area contributed by atoms with Crippen LogP contribution in [0, 0.1) is 31.6 Å². The van der Waals surface area contributed by atoms with E-state index in [-0.39, 0.29) is 48.2 Å². The minimum absolute atomic E-state index is 0.106. The third-order valence-corrected chi connectivity index (χ3v) is 10.9. The molecular weight excluding hydrogens is 634 g/mol. The molecule has 45 heavy (non-hydrogen) atoms. The Morgan fingerprint density at radius 1 is 1.07 bits per heavy atom. The van der Waals surface area contributed by atoms with Crippen LogP contribution >= 0.6 is 15.9 Å². The molecule has 3 amide bonds. The number of para-hydroxylation sites is 2. The number of anilines is 2. The van der Waals surface area contributed by atoms with Gasteiger partial charge in [0, 0.05) is 29.3 Å². The Bertz CT molecular complexity index is 1450. The van der Waals surface area contributed by atoms with Crippen molar-refractivity contribution in [2.24, 2.45) is 17.8 Å². The lowest BCUT2D eigenvalue weighted by atomic mass is 9.70. The second-order valence-electron chi connectivity index (χ2n) is 12.6. The lowest BCUT2D eigenvalue weighted by Crippen LogP contribution is -2.60. The van der Waals surface area contributed by atoms with Gasteiger partial charge in [0.25, 0.3) is 5.91 Å². The number of aryl methyl sites for hydroxylation is 2. The highest BCUT2D eigenvalue weighted by Crippen LogP contribution is 2.61. The summed E-state index contributed by atoms with van der Waals surface area (Å²) < 4.78 is 6.82. The number of aliphatic hydroxyl groups is 1. The number of rotatable bonds is 12. The number of carbonyl (C=O) groups excluding carboxylic acids is 3. The number of benzene rings is 2.